The second-order valence-electron chi connectivity index (χ2n) is 8.17. The molecule has 4 aromatic rings. The van der Waals surface area contributed by atoms with E-state index in [2.05, 4.69) is 22.4 Å². The van der Waals surface area contributed by atoms with Gasteiger partial charge in [0.25, 0.3) is 0 Å². The predicted octanol–water partition coefficient (Wildman–Crippen LogP) is 4.59. The number of hydrogen-bond donors (Lipinski definition) is 2. The van der Waals surface area contributed by atoms with E-state index in [0.29, 0.717) is 0 Å². The fourth-order valence-electron chi connectivity index (χ4n) is 4.62. The number of para-hydroxylation sites is 2. The van der Waals surface area contributed by atoms with Crippen LogP contribution in [-0.2, 0) is 9.53 Å². The van der Waals surface area contributed by atoms with Crippen molar-refractivity contribution in [3.05, 3.63) is 90.3 Å². The van der Waals surface area contributed by atoms with Crippen molar-refractivity contribution in [2.45, 2.75) is 24.9 Å². The molecule has 2 N–H and O–H groups in total. The maximum absolute atomic E-state index is 12.7. The van der Waals surface area contributed by atoms with E-state index < -0.39 is 24.1 Å². The number of aliphatic carboxylic acids is 1. The lowest BCUT2D eigenvalue weighted by Gasteiger charge is -2.23. The van der Waals surface area contributed by atoms with Crippen LogP contribution in [0, 0.1) is 0 Å². The van der Waals surface area contributed by atoms with Crippen molar-refractivity contribution in [3.8, 4) is 11.1 Å². The highest BCUT2D eigenvalue weighted by Gasteiger charge is 2.32. The molecule has 0 radical (unpaired) electrons. The molecule has 166 valence electrons. The SMILES string of the molecule is CC(C(NC(=O)OCC1c2ccccc2-c2ccccc21)C(=O)O)n1cnc2ccccc21. The van der Waals surface area contributed by atoms with Crippen LogP contribution in [0.4, 0.5) is 4.79 Å². The summed E-state index contributed by atoms with van der Waals surface area (Å²) in [5.41, 5.74) is 6.01. The summed E-state index contributed by atoms with van der Waals surface area (Å²) in [5.74, 6) is -1.24. The average molecular weight is 441 g/mol. The first-order valence-corrected chi connectivity index (χ1v) is 10.8. The van der Waals surface area contributed by atoms with Gasteiger partial charge in [-0.3, -0.25) is 0 Å². The normalized spacial score (nSPS) is 14.3. The predicted molar refractivity (Wildman–Crippen MR) is 124 cm³/mol. The molecule has 3 aromatic carbocycles. The highest BCUT2D eigenvalue weighted by molar-refractivity contribution is 5.82. The number of carboxylic acids is 1. The van der Waals surface area contributed by atoms with E-state index in [1.807, 2.05) is 60.7 Å². The zero-order chi connectivity index (χ0) is 22.9. The standard InChI is InChI=1S/C26H23N3O4/c1-16(29-15-27-22-12-6-7-13-23(22)29)24(25(30)31)28-26(32)33-14-21-19-10-4-2-8-17(19)18-9-3-5-11-20(18)21/h2-13,15-16,21,24H,14H2,1H3,(H,28,32)(H,30,31). The molecule has 0 saturated carbocycles. The van der Waals surface area contributed by atoms with Gasteiger partial charge in [0.2, 0.25) is 0 Å². The lowest BCUT2D eigenvalue weighted by Crippen LogP contribution is -2.46. The van der Waals surface area contributed by atoms with Gasteiger partial charge in [-0.05, 0) is 41.3 Å². The van der Waals surface area contributed by atoms with Crippen LogP contribution in [0.3, 0.4) is 0 Å². The Balaban J connectivity index is 1.31. The molecule has 2 unspecified atom stereocenters. The van der Waals surface area contributed by atoms with Crippen LogP contribution in [0.1, 0.15) is 30.0 Å². The number of hydrogen-bond acceptors (Lipinski definition) is 4. The molecule has 1 aliphatic carbocycles. The summed E-state index contributed by atoms with van der Waals surface area (Å²) in [7, 11) is 0. The minimum absolute atomic E-state index is 0.0959. The number of nitrogens with zero attached hydrogens (tertiary/aromatic N) is 2. The Bertz CT molecular complexity index is 1300. The van der Waals surface area contributed by atoms with E-state index in [9.17, 15) is 14.7 Å². The topological polar surface area (TPSA) is 93.5 Å². The first-order valence-electron chi connectivity index (χ1n) is 10.8. The number of amides is 1. The number of carbonyl (C=O) groups excluding carboxylic acids is 1. The molecule has 7 nitrogen and oxygen atoms in total. The van der Waals surface area contributed by atoms with Gasteiger partial charge in [0.1, 0.15) is 6.61 Å². The second kappa shape index (κ2) is 8.43. The summed E-state index contributed by atoms with van der Waals surface area (Å²) in [4.78, 5) is 29.0. The third kappa shape index (κ3) is 3.71. The Morgan fingerprint density at radius 3 is 2.27 bits per heavy atom. The molecule has 0 saturated heterocycles. The smallest absolute Gasteiger partial charge is 0.407 e. The number of imidazole rings is 1. The molecule has 33 heavy (non-hydrogen) atoms. The van der Waals surface area contributed by atoms with E-state index in [1.165, 1.54) is 0 Å². The fraction of sp³-hybridized carbons (Fsp3) is 0.192. The summed E-state index contributed by atoms with van der Waals surface area (Å²) in [6.07, 6.45) is 0.825. The molecule has 0 aliphatic heterocycles. The van der Waals surface area contributed by atoms with Crippen molar-refractivity contribution in [1.82, 2.24) is 14.9 Å². The quantitative estimate of drug-likeness (QED) is 0.457. The molecule has 2 atom stereocenters. The average Bonchev–Trinajstić information content (AvgIpc) is 3.40. The second-order valence-corrected chi connectivity index (χ2v) is 8.17. The van der Waals surface area contributed by atoms with Crippen molar-refractivity contribution in [1.29, 1.82) is 0 Å². The Labute approximate surface area is 190 Å². The highest BCUT2D eigenvalue weighted by atomic mass is 16.5. The highest BCUT2D eigenvalue weighted by Crippen LogP contribution is 2.44. The number of benzene rings is 3. The molecule has 0 fully saturated rings. The van der Waals surface area contributed by atoms with Gasteiger partial charge in [-0.15, -0.1) is 0 Å². The van der Waals surface area contributed by atoms with E-state index in [4.69, 9.17) is 4.74 Å². The number of rotatable bonds is 6. The maximum Gasteiger partial charge on any atom is 0.407 e. The third-order valence-corrected chi connectivity index (χ3v) is 6.29. The fourth-order valence-corrected chi connectivity index (χ4v) is 4.62. The third-order valence-electron chi connectivity index (χ3n) is 6.29. The Morgan fingerprint density at radius 1 is 1.00 bits per heavy atom. The van der Waals surface area contributed by atoms with Crippen LogP contribution in [0.2, 0.25) is 0 Å². The van der Waals surface area contributed by atoms with E-state index in [-0.39, 0.29) is 12.5 Å². The van der Waals surface area contributed by atoms with Crippen LogP contribution >= 0.6 is 0 Å². The monoisotopic (exact) mass is 441 g/mol. The van der Waals surface area contributed by atoms with Gasteiger partial charge in [0.15, 0.2) is 6.04 Å². The minimum atomic E-state index is -1.18. The lowest BCUT2D eigenvalue weighted by molar-refractivity contribution is -0.140. The van der Waals surface area contributed by atoms with Crippen molar-refractivity contribution in [2.75, 3.05) is 6.61 Å². The molecular formula is C26H23N3O4. The number of carbonyl (C=O) groups is 2. The summed E-state index contributed by atoms with van der Waals surface area (Å²) < 4.78 is 7.28. The minimum Gasteiger partial charge on any atom is -0.480 e. The van der Waals surface area contributed by atoms with Gasteiger partial charge in [-0.1, -0.05) is 60.7 Å². The lowest BCUT2D eigenvalue weighted by atomic mass is 9.98. The number of fused-ring (bicyclic) bond motifs is 4. The van der Waals surface area contributed by atoms with Gasteiger partial charge in [0.05, 0.1) is 23.4 Å². The van der Waals surface area contributed by atoms with E-state index in [0.717, 1.165) is 33.3 Å². The summed E-state index contributed by atoms with van der Waals surface area (Å²) in [5, 5.41) is 12.3. The summed E-state index contributed by atoms with van der Waals surface area (Å²) in [6.45, 7) is 1.85. The van der Waals surface area contributed by atoms with Gasteiger partial charge >= 0.3 is 12.1 Å². The Kier molecular flexibility index (Phi) is 5.30. The van der Waals surface area contributed by atoms with Crippen molar-refractivity contribution in [3.63, 3.8) is 0 Å². The maximum atomic E-state index is 12.7. The number of alkyl carbamates (subject to hydrolysis) is 1. The molecule has 0 bridgehead atoms. The molecule has 5 rings (SSSR count). The Hall–Kier alpha value is -4.13. The first kappa shape index (κ1) is 20.8. The molecule has 1 heterocycles. The largest absolute Gasteiger partial charge is 0.480 e. The van der Waals surface area contributed by atoms with E-state index in [1.54, 1.807) is 17.8 Å². The first-order chi connectivity index (χ1) is 16.0. The Morgan fingerprint density at radius 2 is 1.61 bits per heavy atom. The molecule has 1 amide bonds. The van der Waals surface area contributed by atoms with Gasteiger partial charge in [0, 0.05) is 5.92 Å². The van der Waals surface area contributed by atoms with E-state index >= 15 is 0 Å². The number of nitrogens with one attached hydrogen (secondary N) is 1. The van der Waals surface area contributed by atoms with Crippen LogP contribution in [0.25, 0.3) is 22.2 Å². The molecule has 7 heteroatoms. The van der Waals surface area contributed by atoms with Gasteiger partial charge in [-0.2, -0.15) is 0 Å². The summed E-state index contributed by atoms with van der Waals surface area (Å²) >= 11 is 0. The zero-order valence-corrected chi connectivity index (χ0v) is 18.0. The number of carboxylic acid groups (broad SMARTS) is 1. The van der Waals surface area contributed by atoms with Crippen LogP contribution in [0.5, 0.6) is 0 Å². The molecule has 0 spiro atoms. The number of aromatic nitrogens is 2. The van der Waals surface area contributed by atoms with Crippen LogP contribution < -0.4 is 5.32 Å². The van der Waals surface area contributed by atoms with Crippen molar-refractivity contribution in [2.24, 2.45) is 0 Å². The molecule has 1 aliphatic rings. The number of ether oxygens (including phenoxy) is 1. The van der Waals surface area contributed by atoms with Crippen LogP contribution in [-0.4, -0.2) is 39.4 Å². The molecular weight excluding hydrogens is 418 g/mol. The summed E-state index contributed by atoms with van der Waals surface area (Å²) in [6, 6.07) is 21.8. The van der Waals surface area contributed by atoms with Crippen LogP contribution in [0.15, 0.2) is 79.1 Å². The zero-order valence-electron chi connectivity index (χ0n) is 18.0. The van der Waals surface area contributed by atoms with Crippen molar-refractivity contribution < 1.29 is 19.4 Å². The van der Waals surface area contributed by atoms with Crippen molar-refractivity contribution >= 4 is 23.1 Å². The molecule has 1 aromatic heterocycles. The van der Waals surface area contributed by atoms with Gasteiger partial charge in [-0.25, -0.2) is 14.6 Å². The van der Waals surface area contributed by atoms with Gasteiger partial charge < -0.3 is 19.7 Å².